The van der Waals surface area contributed by atoms with Crippen LogP contribution in [0.1, 0.15) is 38.8 Å². The van der Waals surface area contributed by atoms with Gasteiger partial charge in [0.2, 0.25) is 0 Å². The Balaban J connectivity index is 1.92. The van der Waals surface area contributed by atoms with Crippen molar-refractivity contribution < 1.29 is 9.47 Å². The summed E-state index contributed by atoms with van der Waals surface area (Å²) in [6.07, 6.45) is 0. The fourth-order valence-electron chi connectivity index (χ4n) is 3.01. The smallest absolute Gasteiger partial charge is 0.121 e. The number of nitrogens with one attached hydrogen (secondary N) is 1. The predicted molar refractivity (Wildman–Crippen MR) is 103 cm³/mol. The van der Waals surface area contributed by atoms with Crippen LogP contribution in [0.5, 0.6) is 5.75 Å². The first kappa shape index (κ1) is 17.3. The average Bonchev–Trinajstić information content (AvgIpc) is 2.54. The molecule has 0 radical (unpaired) electrons. The summed E-state index contributed by atoms with van der Waals surface area (Å²) in [7, 11) is 1.70. The fraction of sp³-hybridized carbons (Fsp3) is 0.400. The van der Waals surface area contributed by atoms with Gasteiger partial charge in [0.25, 0.3) is 0 Å². The Bertz CT molecular complexity index is 768. The summed E-state index contributed by atoms with van der Waals surface area (Å²) in [6, 6.07) is 12.6. The van der Waals surface area contributed by atoms with Gasteiger partial charge >= 0.3 is 0 Å². The molecule has 1 aliphatic heterocycles. The van der Waals surface area contributed by atoms with Gasteiger partial charge in [-0.3, -0.25) is 0 Å². The maximum Gasteiger partial charge on any atom is 0.121 e. The summed E-state index contributed by atoms with van der Waals surface area (Å²) in [5.74, 6) is 0.850. The number of fused-ring (bicyclic) bond motifs is 2. The molecule has 4 heteroatoms. The van der Waals surface area contributed by atoms with Crippen LogP contribution in [0.3, 0.4) is 0 Å². The number of ether oxygens (including phenoxy) is 2. The average molecular weight is 390 g/mol. The summed E-state index contributed by atoms with van der Waals surface area (Å²) < 4.78 is 12.4. The summed E-state index contributed by atoms with van der Waals surface area (Å²) in [6.45, 7) is 9.05. The number of hydrogen-bond acceptors (Lipinski definition) is 3. The molecule has 1 N–H and O–H groups in total. The van der Waals surface area contributed by atoms with E-state index in [1.165, 1.54) is 11.1 Å². The number of methoxy groups -OCH3 is 1. The maximum atomic E-state index is 5.93. The Morgan fingerprint density at radius 3 is 2.50 bits per heavy atom. The monoisotopic (exact) mass is 389 g/mol. The van der Waals surface area contributed by atoms with Crippen molar-refractivity contribution in [3.63, 3.8) is 0 Å². The molecule has 0 spiro atoms. The highest BCUT2D eigenvalue weighted by molar-refractivity contribution is 9.10. The van der Waals surface area contributed by atoms with Gasteiger partial charge in [0.15, 0.2) is 0 Å². The van der Waals surface area contributed by atoms with E-state index in [0.717, 1.165) is 21.6 Å². The van der Waals surface area contributed by atoms with Gasteiger partial charge in [-0.25, -0.2) is 0 Å². The lowest BCUT2D eigenvalue weighted by molar-refractivity contribution is -0.0146. The molecule has 3 nitrogen and oxygen atoms in total. The van der Waals surface area contributed by atoms with Crippen LogP contribution in [0.25, 0.3) is 0 Å². The summed E-state index contributed by atoms with van der Waals surface area (Å²) >= 11 is 3.58. The zero-order valence-corrected chi connectivity index (χ0v) is 16.5. The molecule has 1 aliphatic rings. The molecule has 0 fully saturated rings. The molecule has 0 unspecified atom stereocenters. The second-order valence-electron chi connectivity index (χ2n) is 7.40. The van der Waals surface area contributed by atoms with E-state index in [4.69, 9.17) is 9.47 Å². The van der Waals surface area contributed by atoms with Gasteiger partial charge in [0, 0.05) is 34.4 Å². The SMILES string of the molecule is COC(C)(C)COc1ccc2c(c1)Nc1ccc(Br)cc1C2(C)C. The van der Waals surface area contributed by atoms with Gasteiger partial charge in [0.1, 0.15) is 12.4 Å². The Morgan fingerprint density at radius 2 is 1.79 bits per heavy atom. The fourth-order valence-corrected chi connectivity index (χ4v) is 3.37. The third-order valence-corrected chi connectivity index (χ3v) is 5.22. The Hall–Kier alpha value is -1.52. The van der Waals surface area contributed by atoms with E-state index in [1.54, 1.807) is 7.11 Å². The number of halogens is 1. The molecule has 0 atom stereocenters. The molecule has 0 amide bonds. The number of anilines is 2. The van der Waals surface area contributed by atoms with Crippen LogP contribution in [-0.4, -0.2) is 19.3 Å². The second kappa shape index (κ2) is 6.08. The van der Waals surface area contributed by atoms with E-state index in [-0.39, 0.29) is 11.0 Å². The van der Waals surface area contributed by atoms with E-state index >= 15 is 0 Å². The van der Waals surface area contributed by atoms with Crippen LogP contribution in [0.4, 0.5) is 11.4 Å². The minimum absolute atomic E-state index is 0.0654. The third kappa shape index (κ3) is 3.17. The van der Waals surface area contributed by atoms with Crippen molar-refractivity contribution in [2.75, 3.05) is 19.0 Å². The minimum Gasteiger partial charge on any atom is -0.491 e. The largest absolute Gasteiger partial charge is 0.491 e. The number of rotatable bonds is 4. The van der Waals surface area contributed by atoms with Crippen molar-refractivity contribution in [3.05, 3.63) is 52.0 Å². The number of benzene rings is 2. The molecule has 24 heavy (non-hydrogen) atoms. The van der Waals surface area contributed by atoms with Crippen molar-refractivity contribution in [2.45, 2.75) is 38.7 Å². The van der Waals surface area contributed by atoms with E-state index in [1.807, 2.05) is 19.9 Å². The lowest BCUT2D eigenvalue weighted by atomic mass is 9.74. The lowest BCUT2D eigenvalue weighted by Gasteiger charge is -2.36. The van der Waals surface area contributed by atoms with Crippen molar-refractivity contribution in [2.24, 2.45) is 0 Å². The summed E-state index contributed by atoms with van der Waals surface area (Å²) in [5, 5.41) is 3.54. The molecule has 0 saturated heterocycles. The summed E-state index contributed by atoms with van der Waals surface area (Å²) in [5.41, 5.74) is 4.43. The van der Waals surface area contributed by atoms with E-state index in [0.29, 0.717) is 6.61 Å². The van der Waals surface area contributed by atoms with Crippen LogP contribution in [0.2, 0.25) is 0 Å². The number of hydrogen-bond donors (Lipinski definition) is 1. The maximum absolute atomic E-state index is 5.93. The molecular formula is C20H24BrNO2. The zero-order chi connectivity index (χ0) is 17.5. The molecule has 2 aromatic carbocycles. The van der Waals surface area contributed by atoms with Crippen molar-refractivity contribution in [1.82, 2.24) is 0 Å². The predicted octanol–water partition coefficient (Wildman–Crippen LogP) is 5.64. The molecule has 0 saturated carbocycles. The van der Waals surface area contributed by atoms with Crippen molar-refractivity contribution in [3.8, 4) is 5.75 Å². The highest BCUT2D eigenvalue weighted by Crippen LogP contribution is 2.46. The quantitative estimate of drug-likeness (QED) is 0.733. The van der Waals surface area contributed by atoms with Crippen LogP contribution in [0.15, 0.2) is 40.9 Å². The van der Waals surface area contributed by atoms with Gasteiger partial charge in [-0.15, -0.1) is 0 Å². The molecular weight excluding hydrogens is 366 g/mol. The van der Waals surface area contributed by atoms with E-state index in [2.05, 4.69) is 65.4 Å². The van der Waals surface area contributed by atoms with Crippen molar-refractivity contribution >= 4 is 27.3 Å². The first-order valence-corrected chi connectivity index (χ1v) is 8.92. The van der Waals surface area contributed by atoms with Crippen LogP contribution >= 0.6 is 15.9 Å². The molecule has 0 aromatic heterocycles. The van der Waals surface area contributed by atoms with Gasteiger partial charge in [-0.05, 0) is 49.2 Å². The van der Waals surface area contributed by atoms with Gasteiger partial charge in [0.05, 0.1) is 5.60 Å². The Labute approximate surface area is 152 Å². The van der Waals surface area contributed by atoms with Gasteiger partial charge in [-0.2, -0.15) is 0 Å². The Kier molecular flexibility index (Phi) is 4.39. The highest BCUT2D eigenvalue weighted by Gasteiger charge is 2.33. The van der Waals surface area contributed by atoms with Crippen LogP contribution in [0, 0.1) is 0 Å². The standard InChI is InChI=1S/C20H24BrNO2/c1-19(2,23-5)12-24-14-7-8-15-18(11-14)22-17-9-6-13(21)10-16(17)20(15,3)4/h6-11,22H,12H2,1-5H3. The van der Waals surface area contributed by atoms with E-state index < -0.39 is 0 Å². The lowest BCUT2D eigenvalue weighted by Crippen LogP contribution is -2.31. The molecule has 0 aliphatic carbocycles. The molecule has 128 valence electrons. The van der Waals surface area contributed by atoms with Gasteiger partial charge < -0.3 is 14.8 Å². The third-order valence-electron chi connectivity index (χ3n) is 4.73. The first-order chi connectivity index (χ1) is 11.2. The van der Waals surface area contributed by atoms with Crippen LogP contribution in [-0.2, 0) is 10.2 Å². The minimum atomic E-state index is -0.304. The Morgan fingerprint density at radius 1 is 1.04 bits per heavy atom. The highest BCUT2D eigenvalue weighted by atomic mass is 79.9. The first-order valence-electron chi connectivity index (χ1n) is 8.12. The topological polar surface area (TPSA) is 30.5 Å². The normalized spacial score (nSPS) is 15.2. The summed E-state index contributed by atoms with van der Waals surface area (Å²) in [4.78, 5) is 0. The van der Waals surface area contributed by atoms with Crippen LogP contribution < -0.4 is 10.1 Å². The molecule has 3 rings (SSSR count). The van der Waals surface area contributed by atoms with E-state index in [9.17, 15) is 0 Å². The van der Waals surface area contributed by atoms with Gasteiger partial charge in [-0.1, -0.05) is 35.8 Å². The molecule has 0 bridgehead atoms. The van der Waals surface area contributed by atoms with Crippen molar-refractivity contribution in [1.29, 1.82) is 0 Å². The molecule has 2 aromatic rings. The zero-order valence-electron chi connectivity index (χ0n) is 14.9. The molecule has 1 heterocycles. The second-order valence-corrected chi connectivity index (χ2v) is 8.32.